The molecule has 0 amide bonds. The number of aromatic nitrogens is 2. The van der Waals surface area contributed by atoms with Gasteiger partial charge < -0.3 is 10.1 Å². The fourth-order valence-corrected chi connectivity index (χ4v) is 2.30. The Morgan fingerprint density at radius 1 is 1.17 bits per heavy atom. The van der Waals surface area contributed by atoms with E-state index in [1.165, 1.54) is 6.07 Å². The molecule has 0 aliphatic heterocycles. The number of ether oxygens (including phenoxy) is 1. The van der Waals surface area contributed by atoms with E-state index in [4.69, 9.17) is 0 Å². The molecule has 7 heteroatoms. The highest BCUT2D eigenvalue weighted by atomic mass is 19.3. The lowest BCUT2D eigenvalue weighted by Gasteiger charge is -2.13. The number of fused-ring (bicyclic) bond motifs is 1. The number of hydrogen-bond donors (Lipinski definition) is 1. The lowest BCUT2D eigenvalue weighted by molar-refractivity contribution is -0.0502. The first-order valence-electron chi connectivity index (χ1n) is 7.06. The normalized spacial score (nSPS) is 10.6. The topological polar surface area (TPSA) is 70.8 Å². The predicted octanol–water partition coefficient (Wildman–Crippen LogP) is 4.15. The summed E-state index contributed by atoms with van der Waals surface area (Å²) in [5, 5.41) is 20.9. The third kappa shape index (κ3) is 3.08. The van der Waals surface area contributed by atoms with Gasteiger partial charge in [-0.05, 0) is 24.6 Å². The van der Waals surface area contributed by atoms with Crippen molar-refractivity contribution in [3.05, 3.63) is 53.7 Å². The monoisotopic (exact) mass is 326 g/mol. The first kappa shape index (κ1) is 15.6. The average Bonchev–Trinajstić information content (AvgIpc) is 2.57. The Morgan fingerprint density at radius 3 is 2.71 bits per heavy atom. The van der Waals surface area contributed by atoms with Gasteiger partial charge in [0.05, 0.1) is 11.2 Å². The van der Waals surface area contributed by atoms with Crippen molar-refractivity contribution in [1.82, 2.24) is 10.2 Å². The van der Waals surface area contributed by atoms with Gasteiger partial charge in [-0.25, -0.2) is 0 Å². The fourth-order valence-electron chi connectivity index (χ4n) is 2.30. The lowest BCUT2D eigenvalue weighted by Crippen LogP contribution is -2.04. The number of aryl methyl sites for hydroxylation is 1. The molecule has 0 saturated heterocycles. The molecular weight excluding hydrogens is 314 g/mol. The summed E-state index contributed by atoms with van der Waals surface area (Å²) in [5.74, 6) is 0.0693. The Labute approximate surface area is 136 Å². The van der Waals surface area contributed by atoms with Crippen molar-refractivity contribution in [3.8, 4) is 11.8 Å². The van der Waals surface area contributed by atoms with Crippen LogP contribution in [0.1, 0.15) is 11.3 Å². The molecule has 3 rings (SSSR count). The summed E-state index contributed by atoms with van der Waals surface area (Å²) in [4.78, 5) is 0. The zero-order valence-corrected chi connectivity index (χ0v) is 12.6. The lowest BCUT2D eigenvalue weighted by atomic mass is 10.1. The third-order valence-electron chi connectivity index (χ3n) is 3.45. The second kappa shape index (κ2) is 6.46. The molecule has 0 saturated carbocycles. The molecule has 120 valence electrons. The van der Waals surface area contributed by atoms with Crippen LogP contribution >= 0.6 is 0 Å². The SMILES string of the molecule is Cc1ccc(Nc2c(C#N)nnc3ccccc23)cc1OC(F)F. The van der Waals surface area contributed by atoms with Crippen LogP contribution in [0.15, 0.2) is 42.5 Å². The minimum absolute atomic E-state index is 0.0693. The minimum Gasteiger partial charge on any atom is -0.434 e. The van der Waals surface area contributed by atoms with Gasteiger partial charge >= 0.3 is 6.61 Å². The number of nitrogens with zero attached hydrogens (tertiary/aromatic N) is 3. The number of benzene rings is 2. The molecule has 0 fully saturated rings. The van der Waals surface area contributed by atoms with Crippen LogP contribution in [-0.4, -0.2) is 16.8 Å². The highest BCUT2D eigenvalue weighted by molar-refractivity contribution is 5.94. The third-order valence-corrected chi connectivity index (χ3v) is 3.45. The van der Waals surface area contributed by atoms with Crippen molar-refractivity contribution in [2.75, 3.05) is 5.32 Å². The molecule has 1 N–H and O–H groups in total. The number of alkyl halides is 2. The van der Waals surface area contributed by atoms with Crippen LogP contribution in [0.3, 0.4) is 0 Å². The van der Waals surface area contributed by atoms with Crippen LogP contribution in [0.4, 0.5) is 20.2 Å². The van der Waals surface area contributed by atoms with Gasteiger partial charge in [0, 0.05) is 17.1 Å². The maximum Gasteiger partial charge on any atom is 0.387 e. The maximum absolute atomic E-state index is 12.5. The predicted molar refractivity (Wildman–Crippen MR) is 85.3 cm³/mol. The van der Waals surface area contributed by atoms with E-state index < -0.39 is 6.61 Å². The van der Waals surface area contributed by atoms with Gasteiger partial charge in [0.2, 0.25) is 0 Å². The van der Waals surface area contributed by atoms with E-state index in [1.807, 2.05) is 18.2 Å². The molecule has 0 aliphatic carbocycles. The van der Waals surface area contributed by atoms with E-state index in [2.05, 4.69) is 20.3 Å². The highest BCUT2D eigenvalue weighted by Gasteiger charge is 2.13. The van der Waals surface area contributed by atoms with Crippen LogP contribution < -0.4 is 10.1 Å². The summed E-state index contributed by atoms with van der Waals surface area (Å²) >= 11 is 0. The van der Waals surface area contributed by atoms with Gasteiger partial charge in [-0.3, -0.25) is 0 Å². The van der Waals surface area contributed by atoms with Gasteiger partial charge in [-0.15, -0.1) is 10.2 Å². The summed E-state index contributed by atoms with van der Waals surface area (Å²) in [5.41, 5.74) is 2.29. The van der Waals surface area contributed by atoms with Crippen molar-refractivity contribution < 1.29 is 13.5 Å². The Hall–Kier alpha value is -3.27. The maximum atomic E-state index is 12.5. The molecule has 0 radical (unpaired) electrons. The number of nitrogens with one attached hydrogen (secondary N) is 1. The summed E-state index contributed by atoms with van der Waals surface area (Å²) in [7, 11) is 0. The van der Waals surface area contributed by atoms with Crippen LogP contribution in [0.25, 0.3) is 10.9 Å². The molecule has 1 heterocycles. The average molecular weight is 326 g/mol. The Kier molecular flexibility index (Phi) is 4.20. The van der Waals surface area contributed by atoms with Crippen molar-refractivity contribution in [3.63, 3.8) is 0 Å². The van der Waals surface area contributed by atoms with Crippen LogP contribution in [0.5, 0.6) is 5.75 Å². The molecule has 24 heavy (non-hydrogen) atoms. The van der Waals surface area contributed by atoms with E-state index in [0.717, 1.165) is 0 Å². The standard InChI is InChI=1S/C17H12F2N4O/c1-10-6-7-11(8-15(10)24-17(18)19)21-16-12-4-2-3-5-13(12)22-23-14(16)9-20/h2-8,17H,1H3,(H,21,22). The number of nitriles is 1. The second-order valence-electron chi connectivity index (χ2n) is 5.04. The Bertz CT molecular complexity index is 938. The first-order valence-corrected chi connectivity index (χ1v) is 7.06. The van der Waals surface area contributed by atoms with E-state index >= 15 is 0 Å². The number of hydrogen-bond acceptors (Lipinski definition) is 5. The summed E-state index contributed by atoms with van der Waals surface area (Å²) in [6.07, 6.45) is 0. The van der Waals surface area contributed by atoms with Gasteiger partial charge in [-0.1, -0.05) is 24.3 Å². The van der Waals surface area contributed by atoms with Crippen LogP contribution in [-0.2, 0) is 0 Å². The van der Waals surface area contributed by atoms with Gasteiger partial charge in [0.15, 0.2) is 5.69 Å². The molecule has 0 unspecified atom stereocenters. The first-order chi connectivity index (χ1) is 11.6. The van der Waals surface area contributed by atoms with Crippen LogP contribution in [0.2, 0.25) is 0 Å². The molecule has 0 bridgehead atoms. The van der Waals surface area contributed by atoms with E-state index in [-0.39, 0.29) is 11.4 Å². The number of anilines is 2. The summed E-state index contributed by atoms with van der Waals surface area (Å²) in [6, 6.07) is 14.0. The highest BCUT2D eigenvalue weighted by Crippen LogP contribution is 2.30. The molecule has 1 aromatic heterocycles. The van der Waals surface area contributed by atoms with Crippen molar-refractivity contribution in [2.24, 2.45) is 0 Å². The molecule has 0 spiro atoms. The number of halogens is 2. The minimum atomic E-state index is -2.91. The number of rotatable bonds is 4. The van der Waals surface area contributed by atoms with Crippen molar-refractivity contribution in [2.45, 2.75) is 13.5 Å². The Morgan fingerprint density at radius 2 is 1.96 bits per heavy atom. The Balaban J connectivity index is 2.05. The van der Waals surface area contributed by atoms with E-state index in [9.17, 15) is 14.0 Å². The molecule has 0 atom stereocenters. The summed E-state index contributed by atoms with van der Waals surface area (Å²) < 4.78 is 29.5. The summed E-state index contributed by atoms with van der Waals surface area (Å²) in [6.45, 7) is -1.23. The molecular formula is C17H12F2N4O. The quantitative estimate of drug-likeness (QED) is 0.779. The van der Waals surface area contributed by atoms with Crippen molar-refractivity contribution in [1.29, 1.82) is 5.26 Å². The largest absolute Gasteiger partial charge is 0.434 e. The zero-order valence-electron chi connectivity index (χ0n) is 12.6. The molecule has 5 nitrogen and oxygen atoms in total. The van der Waals surface area contributed by atoms with Crippen molar-refractivity contribution >= 4 is 22.3 Å². The zero-order chi connectivity index (χ0) is 17.1. The molecule has 3 aromatic rings. The fraction of sp³-hybridized carbons (Fsp3) is 0.118. The molecule has 0 aliphatic rings. The van der Waals surface area contributed by atoms with Gasteiger partial charge in [0.1, 0.15) is 11.8 Å². The van der Waals surface area contributed by atoms with E-state index in [0.29, 0.717) is 27.8 Å². The second-order valence-corrected chi connectivity index (χ2v) is 5.04. The van der Waals surface area contributed by atoms with Gasteiger partial charge in [-0.2, -0.15) is 14.0 Å². The van der Waals surface area contributed by atoms with Gasteiger partial charge in [0.25, 0.3) is 0 Å². The molecule has 2 aromatic carbocycles. The van der Waals surface area contributed by atoms with E-state index in [1.54, 1.807) is 31.2 Å². The smallest absolute Gasteiger partial charge is 0.387 e. The van der Waals surface area contributed by atoms with Crippen LogP contribution in [0, 0.1) is 18.3 Å².